The van der Waals surface area contributed by atoms with Crippen molar-refractivity contribution in [2.24, 2.45) is 5.73 Å². The van der Waals surface area contributed by atoms with E-state index >= 15 is 0 Å². The van der Waals surface area contributed by atoms with Crippen LogP contribution in [-0.2, 0) is 4.79 Å². The number of halogens is 2. The number of carbonyl (C=O) groups is 1. The van der Waals surface area contributed by atoms with E-state index in [0.29, 0.717) is 11.1 Å². The SMILES string of the molecule is COc1c(C(F)F)cc(C)cc1C(N)CCC(=O)O. The molecule has 19 heavy (non-hydrogen) atoms. The molecule has 3 N–H and O–H groups in total. The van der Waals surface area contributed by atoms with Crippen molar-refractivity contribution in [1.29, 1.82) is 0 Å². The molecule has 0 aliphatic heterocycles. The molecule has 0 aliphatic carbocycles. The molecule has 0 saturated heterocycles. The Morgan fingerprint density at radius 2 is 2.00 bits per heavy atom. The Labute approximate surface area is 110 Å². The van der Waals surface area contributed by atoms with Crippen LogP contribution in [0.4, 0.5) is 8.78 Å². The van der Waals surface area contributed by atoms with Gasteiger partial charge in [-0.05, 0) is 19.4 Å². The normalized spacial score (nSPS) is 12.5. The lowest BCUT2D eigenvalue weighted by Gasteiger charge is -2.19. The Bertz CT molecular complexity index is 463. The van der Waals surface area contributed by atoms with Gasteiger partial charge >= 0.3 is 5.97 Å². The lowest BCUT2D eigenvalue weighted by atomic mass is 9.96. The molecular formula is C13H17F2NO3. The molecule has 0 aromatic heterocycles. The van der Waals surface area contributed by atoms with Crippen LogP contribution in [0.1, 0.15) is 42.0 Å². The fourth-order valence-electron chi connectivity index (χ4n) is 1.94. The van der Waals surface area contributed by atoms with Crippen LogP contribution in [0.25, 0.3) is 0 Å². The summed E-state index contributed by atoms with van der Waals surface area (Å²) in [5.41, 5.74) is 6.70. The predicted molar refractivity (Wildman–Crippen MR) is 66.5 cm³/mol. The van der Waals surface area contributed by atoms with E-state index in [1.807, 2.05) is 0 Å². The van der Waals surface area contributed by atoms with Gasteiger partial charge < -0.3 is 15.6 Å². The minimum Gasteiger partial charge on any atom is -0.496 e. The fourth-order valence-corrected chi connectivity index (χ4v) is 1.94. The van der Waals surface area contributed by atoms with Crippen molar-refractivity contribution in [3.63, 3.8) is 0 Å². The zero-order valence-electron chi connectivity index (χ0n) is 10.8. The van der Waals surface area contributed by atoms with Gasteiger partial charge in [-0.3, -0.25) is 4.79 Å². The average molecular weight is 273 g/mol. The quantitative estimate of drug-likeness (QED) is 0.836. The molecule has 1 aromatic carbocycles. The summed E-state index contributed by atoms with van der Waals surface area (Å²) in [6.07, 6.45) is -2.62. The van der Waals surface area contributed by atoms with Gasteiger partial charge in [-0.15, -0.1) is 0 Å². The Balaban J connectivity index is 3.14. The first-order valence-corrected chi connectivity index (χ1v) is 5.80. The second-order valence-corrected chi connectivity index (χ2v) is 4.32. The highest BCUT2D eigenvalue weighted by atomic mass is 19.3. The molecule has 4 nitrogen and oxygen atoms in total. The monoisotopic (exact) mass is 273 g/mol. The summed E-state index contributed by atoms with van der Waals surface area (Å²) >= 11 is 0. The van der Waals surface area contributed by atoms with Crippen LogP contribution >= 0.6 is 0 Å². The molecule has 0 aliphatic rings. The van der Waals surface area contributed by atoms with E-state index in [2.05, 4.69) is 0 Å². The molecule has 0 radical (unpaired) electrons. The first-order valence-electron chi connectivity index (χ1n) is 5.80. The minimum absolute atomic E-state index is 0.0403. The molecule has 0 spiro atoms. The summed E-state index contributed by atoms with van der Waals surface area (Å²) in [6.45, 7) is 1.68. The van der Waals surface area contributed by atoms with Crippen LogP contribution in [0.2, 0.25) is 0 Å². The van der Waals surface area contributed by atoms with Crippen molar-refractivity contribution in [3.8, 4) is 5.75 Å². The molecular weight excluding hydrogens is 256 g/mol. The number of hydrogen-bond acceptors (Lipinski definition) is 3. The van der Waals surface area contributed by atoms with Crippen LogP contribution in [0, 0.1) is 6.92 Å². The van der Waals surface area contributed by atoms with Crippen LogP contribution < -0.4 is 10.5 Å². The van der Waals surface area contributed by atoms with Crippen molar-refractivity contribution in [3.05, 3.63) is 28.8 Å². The molecule has 0 amide bonds. The third-order valence-corrected chi connectivity index (χ3v) is 2.80. The number of benzene rings is 1. The van der Waals surface area contributed by atoms with Gasteiger partial charge in [0.15, 0.2) is 0 Å². The van der Waals surface area contributed by atoms with Crippen molar-refractivity contribution in [2.75, 3.05) is 7.11 Å². The number of carboxylic acids is 1. The van der Waals surface area contributed by atoms with Gasteiger partial charge in [0.2, 0.25) is 0 Å². The van der Waals surface area contributed by atoms with Gasteiger partial charge in [0, 0.05) is 18.0 Å². The number of rotatable bonds is 6. The topological polar surface area (TPSA) is 72.5 Å². The Kier molecular flexibility index (Phi) is 5.23. The second-order valence-electron chi connectivity index (χ2n) is 4.32. The summed E-state index contributed by atoms with van der Waals surface area (Å²) in [5.74, 6) is -0.936. The zero-order chi connectivity index (χ0) is 14.6. The van der Waals surface area contributed by atoms with E-state index in [-0.39, 0.29) is 24.2 Å². The summed E-state index contributed by atoms with van der Waals surface area (Å²) < 4.78 is 30.9. The summed E-state index contributed by atoms with van der Waals surface area (Å²) in [7, 11) is 1.30. The number of alkyl halides is 2. The number of methoxy groups -OCH3 is 1. The lowest BCUT2D eigenvalue weighted by Crippen LogP contribution is -2.14. The minimum atomic E-state index is -2.67. The smallest absolute Gasteiger partial charge is 0.303 e. The molecule has 1 aromatic rings. The molecule has 0 saturated carbocycles. The number of nitrogens with two attached hydrogens (primary N) is 1. The Morgan fingerprint density at radius 3 is 2.47 bits per heavy atom. The molecule has 106 valence electrons. The van der Waals surface area contributed by atoms with E-state index in [0.717, 1.165) is 0 Å². The first kappa shape index (κ1) is 15.4. The standard InChI is InChI=1S/C13H17F2NO3/c1-7-5-8(10(16)3-4-11(17)18)12(19-2)9(6-7)13(14)15/h5-6,10,13H,3-4,16H2,1-2H3,(H,17,18). The number of aryl methyl sites for hydroxylation is 1. The predicted octanol–water partition coefficient (Wildman–Crippen LogP) is 2.81. The van der Waals surface area contributed by atoms with Crippen LogP contribution in [0.5, 0.6) is 5.75 Å². The van der Waals surface area contributed by atoms with E-state index in [1.54, 1.807) is 13.0 Å². The van der Waals surface area contributed by atoms with Gasteiger partial charge in [-0.25, -0.2) is 8.78 Å². The van der Waals surface area contributed by atoms with Crippen molar-refractivity contribution in [2.45, 2.75) is 32.2 Å². The van der Waals surface area contributed by atoms with Gasteiger partial charge in [0.1, 0.15) is 5.75 Å². The number of ether oxygens (including phenoxy) is 1. The number of aliphatic carboxylic acids is 1. The maximum Gasteiger partial charge on any atom is 0.303 e. The van der Waals surface area contributed by atoms with Crippen LogP contribution in [0.3, 0.4) is 0 Å². The van der Waals surface area contributed by atoms with Gasteiger partial charge in [-0.1, -0.05) is 11.6 Å². The summed E-state index contributed by atoms with van der Waals surface area (Å²) in [6, 6.07) is 2.34. The maximum absolute atomic E-state index is 12.9. The molecule has 6 heteroatoms. The van der Waals surface area contributed by atoms with E-state index in [1.165, 1.54) is 13.2 Å². The van der Waals surface area contributed by atoms with E-state index in [4.69, 9.17) is 15.6 Å². The number of hydrogen-bond donors (Lipinski definition) is 2. The van der Waals surface area contributed by atoms with Gasteiger partial charge in [-0.2, -0.15) is 0 Å². The molecule has 0 fully saturated rings. The van der Waals surface area contributed by atoms with Crippen molar-refractivity contribution in [1.82, 2.24) is 0 Å². The summed E-state index contributed by atoms with van der Waals surface area (Å²) in [4.78, 5) is 10.5. The highest BCUT2D eigenvalue weighted by molar-refractivity contribution is 5.66. The lowest BCUT2D eigenvalue weighted by molar-refractivity contribution is -0.137. The van der Waals surface area contributed by atoms with Crippen LogP contribution in [-0.4, -0.2) is 18.2 Å². The second kappa shape index (κ2) is 6.47. The third kappa shape index (κ3) is 3.89. The fraction of sp³-hybridized carbons (Fsp3) is 0.462. The molecule has 0 heterocycles. The zero-order valence-corrected chi connectivity index (χ0v) is 10.8. The Hall–Kier alpha value is -1.69. The van der Waals surface area contributed by atoms with Gasteiger partial charge in [0.05, 0.1) is 12.7 Å². The Morgan fingerprint density at radius 1 is 1.42 bits per heavy atom. The average Bonchev–Trinajstić information content (AvgIpc) is 2.34. The van der Waals surface area contributed by atoms with Crippen molar-refractivity contribution >= 4 is 5.97 Å². The summed E-state index contributed by atoms with van der Waals surface area (Å²) in [5, 5.41) is 8.63. The first-order chi connectivity index (χ1) is 8.86. The molecule has 1 unspecified atom stereocenters. The van der Waals surface area contributed by atoms with E-state index < -0.39 is 18.4 Å². The van der Waals surface area contributed by atoms with E-state index in [9.17, 15) is 13.6 Å². The molecule has 0 bridgehead atoms. The third-order valence-electron chi connectivity index (χ3n) is 2.80. The maximum atomic E-state index is 12.9. The highest BCUT2D eigenvalue weighted by Crippen LogP contribution is 2.36. The molecule has 1 atom stereocenters. The van der Waals surface area contributed by atoms with Crippen molar-refractivity contribution < 1.29 is 23.4 Å². The number of carboxylic acid groups (broad SMARTS) is 1. The largest absolute Gasteiger partial charge is 0.496 e. The molecule has 1 rings (SSSR count). The van der Waals surface area contributed by atoms with Gasteiger partial charge in [0.25, 0.3) is 6.43 Å². The highest BCUT2D eigenvalue weighted by Gasteiger charge is 2.21. The van der Waals surface area contributed by atoms with Crippen LogP contribution in [0.15, 0.2) is 12.1 Å².